The Morgan fingerprint density at radius 1 is 1.10 bits per heavy atom. The number of unbranched alkanes of at least 4 members (excludes halogenated alkanes) is 6. The van der Waals surface area contributed by atoms with Crippen LogP contribution in [0.2, 0.25) is 0 Å². The van der Waals surface area contributed by atoms with Crippen molar-refractivity contribution in [3.8, 4) is 11.5 Å². The molecule has 0 spiro atoms. The minimum absolute atomic E-state index is 0.0588. The molecule has 1 heterocycles. The van der Waals surface area contributed by atoms with E-state index in [9.17, 15) is 9.59 Å². The Hall–Kier alpha value is -2.06. The topological polar surface area (TPSA) is 76.1 Å². The van der Waals surface area contributed by atoms with Crippen LogP contribution in [0.4, 0.5) is 0 Å². The number of nitrogens with zero attached hydrogens (tertiary/aromatic N) is 1. The Labute approximate surface area is 187 Å². The standard InChI is InChI=1S/C22H29NO5S2/c1-27-17-12-11-16(18(15-17)28-2)14-19-21(26)23(22(29)30-19)13-9-7-5-3-4-6-8-10-20(24)25/h11-12,14-15H,3-10,13H2,1-2H3,(H,24,25)/b19-14-. The molecule has 0 bridgehead atoms. The van der Waals surface area contributed by atoms with E-state index in [-0.39, 0.29) is 12.3 Å². The third kappa shape index (κ3) is 7.32. The van der Waals surface area contributed by atoms with Crippen LogP contribution < -0.4 is 9.47 Å². The molecule has 0 unspecified atom stereocenters. The first-order valence-electron chi connectivity index (χ1n) is 10.2. The number of hydrogen-bond acceptors (Lipinski definition) is 6. The number of carbonyl (C=O) groups excluding carboxylic acids is 1. The van der Waals surface area contributed by atoms with E-state index in [0.29, 0.717) is 27.3 Å². The number of carboxylic acids is 1. The fourth-order valence-electron chi connectivity index (χ4n) is 3.20. The summed E-state index contributed by atoms with van der Waals surface area (Å²) in [4.78, 5) is 25.5. The molecule has 30 heavy (non-hydrogen) atoms. The molecular formula is C22H29NO5S2. The van der Waals surface area contributed by atoms with Gasteiger partial charge < -0.3 is 14.6 Å². The summed E-state index contributed by atoms with van der Waals surface area (Å²) in [6.45, 7) is 0.626. The minimum Gasteiger partial charge on any atom is -0.497 e. The van der Waals surface area contributed by atoms with Crippen LogP contribution in [0, 0.1) is 0 Å². The van der Waals surface area contributed by atoms with Gasteiger partial charge in [0.2, 0.25) is 0 Å². The van der Waals surface area contributed by atoms with E-state index < -0.39 is 5.97 Å². The first-order valence-corrected chi connectivity index (χ1v) is 11.4. The molecule has 0 aromatic heterocycles. The van der Waals surface area contributed by atoms with Gasteiger partial charge in [-0.2, -0.15) is 0 Å². The lowest BCUT2D eigenvalue weighted by Gasteiger charge is -2.14. The van der Waals surface area contributed by atoms with E-state index >= 15 is 0 Å². The average Bonchev–Trinajstić information content (AvgIpc) is 2.99. The van der Waals surface area contributed by atoms with Gasteiger partial charge in [0.1, 0.15) is 15.8 Å². The van der Waals surface area contributed by atoms with Crippen LogP contribution in [0.15, 0.2) is 23.1 Å². The van der Waals surface area contributed by atoms with Gasteiger partial charge in [-0.05, 0) is 31.1 Å². The van der Waals surface area contributed by atoms with Gasteiger partial charge in [0.05, 0.1) is 19.1 Å². The quantitative estimate of drug-likeness (QED) is 0.254. The predicted octanol–water partition coefficient (Wildman–Crippen LogP) is 5.11. The summed E-state index contributed by atoms with van der Waals surface area (Å²) < 4.78 is 11.2. The zero-order valence-electron chi connectivity index (χ0n) is 17.5. The Morgan fingerprint density at radius 3 is 2.40 bits per heavy atom. The van der Waals surface area contributed by atoms with E-state index in [4.69, 9.17) is 26.8 Å². The number of hydrogen-bond donors (Lipinski definition) is 1. The summed E-state index contributed by atoms with van der Waals surface area (Å²) in [5.74, 6) is 0.552. The minimum atomic E-state index is -0.724. The number of benzene rings is 1. The van der Waals surface area contributed by atoms with E-state index in [1.807, 2.05) is 18.2 Å². The Balaban J connectivity index is 1.80. The van der Waals surface area contributed by atoms with Gasteiger partial charge in [-0.25, -0.2) is 0 Å². The fourth-order valence-corrected chi connectivity index (χ4v) is 4.50. The lowest BCUT2D eigenvalue weighted by molar-refractivity contribution is -0.137. The van der Waals surface area contributed by atoms with Crippen LogP contribution in [0.5, 0.6) is 11.5 Å². The van der Waals surface area contributed by atoms with Crippen LogP contribution in [-0.4, -0.2) is 47.0 Å². The highest BCUT2D eigenvalue weighted by Gasteiger charge is 2.31. The maximum atomic E-state index is 12.8. The van der Waals surface area contributed by atoms with Crippen molar-refractivity contribution in [3.63, 3.8) is 0 Å². The number of aliphatic carboxylic acids is 1. The molecule has 0 radical (unpaired) electrons. The highest BCUT2D eigenvalue weighted by atomic mass is 32.2. The molecule has 2 rings (SSSR count). The van der Waals surface area contributed by atoms with E-state index in [2.05, 4.69) is 0 Å². The SMILES string of the molecule is COc1ccc(/C=C2\SC(=S)N(CCCCCCCCCC(=O)O)C2=O)c(OC)c1. The molecule has 1 amide bonds. The summed E-state index contributed by atoms with van der Waals surface area (Å²) in [5.41, 5.74) is 0.807. The first kappa shape index (κ1) is 24.2. The van der Waals surface area contributed by atoms with Crippen molar-refractivity contribution < 1.29 is 24.2 Å². The summed E-state index contributed by atoms with van der Waals surface area (Å²) in [6, 6.07) is 5.48. The second-order valence-corrected chi connectivity index (χ2v) is 8.74. The number of rotatable bonds is 13. The monoisotopic (exact) mass is 451 g/mol. The molecule has 1 fully saturated rings. The number of carbonyl (C=O) groups is 2. The summed E-state index contributed by atoms with van der Waals surface area (Å²) >= 11 is 6.73. The molecule has 164 valence electrons. The Bertz CT molecular complexity index is 794. The van der Waals surface area contributed by atoms with Crippen molar-refractivity contribution in [2.24, 2.45) is 0 Å². The predicted molar refractivity (Wildman–Crippen MR) is 124 cm³/mol. The van der Waals surface area contributed by atoms with E-state index in [0.717, 1.165) is 50.5 Å². The van der Waals surface area contributed by atoms with Crippen LogP contribution >= 0.6 is 24.0 Å². The molecule has 0 saturated carbocycles. The summed E-state index contributed by atoms with van der Waals surface area (Å²) in [7, 11) is 3.18. The van der Waals surface area contributed by atoms with Gasteiger partial charge in [-0.1, -0.05) is 56.1 Å². The molecule has 1 saturated heterocycles. The molecule has 1 aliphatic rings. The van der Waals surface area contributed by atoms with Crippen molar-refractivity contribution >= 4 is 46.3 Å². The molecule has 1 N–H and O–H groups in total. The van der Waals surface area contributed by atoms with Crippen LogP contribution in [-0.2, 0) is 9.59 Å². The molecule has 1 aromatic carbocycles. The van der Waals surface area contributed by atoms with Gasteiger partial charge in [-0.15, -0.1) is 0 Å². The average molecular weight is 452 g/mol. The van der Waals surface area contributed by atoms with Crippen molar-refractivity contribution in [1.82, 2.24) is 4.90 Å². The molecular weight excluding hydrogens is 422 g/mol. The van der Waals surface area contributed by atoms with Crippen molar-refractivity contribution in [2.75, 3.05) is 20.8 Å². The van der Waals surface area contributed by atoms with E-state index in [1.165, 1.54) is 11.8 Å². The summed E-state index contributed by atoms with van der Waals surface area (Å²) in [5, 5.41) is 8.62. The lowest BCUT2D eigenvalue weighted by atomic mass is 10.1. The van der Waals surface area contributed by atoms with Gasteiger partial charge in [-0.3, -0.25) is 14.5 Å². The number of carboxylic acid groups (broad SMARTS) is 1. The molecule has 6 nitrogen and oxygen atoms in total. The number of ether oxygens (including phenoxy) is 2. The van der Waals surface area contributed by atoms with E-state index in [1.54, 1.807) is 25.2 Å². The normalized spacial score (nSPS) is 15.1. The van der Waals surface area contributed by atoms with Crippen molar-refractivity contribution in [2.45, 2.75) is 51.4 Å². The molecule has 0 aliphatic carbocycles. The van der Waals surface area contributed by atoms with Crippen LogP contribution in [0.3, 0.4) is 0 Å². The van der Waals surface area contributed by atoms with Crippen molar-refractivity contribution in [1.29, 1.82) is 0 Å². The van der Waals surface area contributed by atoms with Gasteiger partial charge in [0.25, 0.3) is 5.91 Å². The Kier molecular flexibility index (Phi) is 10.2. The summed E-state index contributed by atoms with van der Waals surface area (Å²) in [6.07, 6.45) is 8.94. The fraction of sp³-hybridized carbons (Fsp3) is 0.500. The second-order valence-electron chi connectivity index (χ2n) is 7.06. The van der Waals surface area contributed by atoms with Gasteiger partial charge >= 0.3 is 5.97 Å². The second kappa shape index (κ2) is 12.6. The van der Waals surface area contributed by atoms with Gasteiger partial charge in [0.15, 0.2) is 0 Å². The third-order valence-corrected chi connectivity index (χ3v) is 6.25. The molecule has 1 aliphatic heterocycles. The highest BCUT2D eigenvalue weighted by molar-refractivity contribution is 8.26. The first-order chi connectivity index (χ1) is 14.5. The number of thioether (sulfide) groups is 1. The largest absolute Gasteiger partial charge is 0.497 e. The number of methoxy groups -OCH3 is 2. The van der Waals surface area contributed by atoms with Crippen molar-refractivity contribution in [3.05, 3.63) is 28.7 Å². The zero-order chi connectivity index (χ0) is 21.9. The number of thiocarbonyl (C=S) groups is 1. The maximum Gasteiger partial charge on any atom is 0.303 e. The Morgan fingerprint density at radius 2 is 1.77 bits per heavy atom. The number of amides is 1. The van der Waals surface area contributed by atoms with Gasteiger partial charge in [0, 0.05) is 24.6 Å². The molecule has 0 atom stereocenters. The maximum absolute atomic E-state index is 12.8. The van der Waals surface area contributed by atoms with Crippen LogP contribution in [0.25, 0.3) is 6.08 Å². The lowest BCUT2D eigenvalue weighted by Crippen LogP contribution is -2.29. The molecule has 1 aromatic rings. The smallest absolute Gasteiger partial charge is 0.303 e. The third-order valence-electron chi connectivity index (χ3n) is 4.87. The zero-order valence-corrected chi connectivity index (χ0v) is 19.2. The molecule has 8 heteroatoms. The van der Waals surface area contributed by atoms with Crippen LogP contribution in [0.1, 0.15) is 56.9 Å². The highest BCUT2D eigenvalue weighted by Crippen LogP contribution is 2.35.